The summed E-state index contributed by atoms with van der Waals surface area (Å²) in [4.78, 5) is 36.5. The molecule has 0 aliphatic carbocycles. The summed E-state index contributed by atoms with van der Waals surface area (Å²) in [7, 11) is 0. The van der Waals surface area contributed by atoms with Crippen LogP contribution in [-0.4, -0.2) is 48.7 Å². The van der Waals surface area contributed by atoms with Crippen LogP contribution in [0.1, 0.15) is 42.2 Å². The van der Waals surface area contributed by atoms with Crippen LogP contribution in [0.2, 0.25) is 0 Å². The number of carbonyl (C=O) groups is 2. The Balaban J connectivity index is 1.22. The fourth-order valence-electron chi connectivity index (χ4n) is 4.65. The monoisotopic (exact) mass is 444 g/mol. The number of rotatable bonds is 5. The highest BCUT2D eigenvalue weighted by Gasteiger charge is 2.27. The van der Waals surface area contributed by atoms with Crippen LogP contribution < -0.4 is 5.32 Å². The van der Waals surface area contributed by atoms with E-state index in [1.807, 2.05) is 59.1 Å². The number of aryl methyl sites for hydroxylation is 2. The molecule has 4 heterocycles. The summed E-state index contributed by atoms with van der Waals surface area (Å²) >= 11 is 0. The zero-order valence-electron chi connectivity index (χ0n) is 19.0. The smallest absolute Gasteiger partial charge is 0.274 e. The number of piperidine rings is 1. The predicted octanol–water partition coefficient (Wildman–Crippen LogP) is 3.89. The molecule has 1 aliphatic heterocycles. The number of hydrogen-bond donors (Lipinski definition) is 1. The molecular weight excluding hydrogens is 416 g/mol. The number of imidazole rings is 2. The van der Waals surface area contributed by atoms with Crippen LogP contribution in [0.4, 0.5) is 5.69 Å². The molecule has 0 spiro atoms. The van der Waals surface area contributed by atoms with Gasteiger partial charge in [0, 0.05) is 44.1 Å². The van der Waals surface area contributed by atoms with E-state index in [0.29, 0.717) is 25.2 Å². The number of fused-ring (bicyclic) bond motifs is 2. The zero-order valence-corrected chi connectivity index (χ0v) is 19.0. The Morgan fingerprint density at radius 1 is 1.18 bits per heavy atom. The number of amides is 2. The topological polar surface area (TPSA) is 84.5 Å². The van der Waals surface area contributed by atoms with Crippen molar-refractivity contribution in [2.75, 3.05) is 18.4 Å². The van der Waals surface area contributed by atoms with Crippen LogP contribution >= 0.6 is 0 Å². The van der Waals surface area contributed by atoms with Crippen molar-refractivity contribution in [3.63, 3.8) is 0 Å². The molecule has 1 saturated heterocycles. The van der Waals surface area contributed by atoms with Crippen LogP contribution in [0.3, 0.4) is 0 Å². The molecule has 5 rings (SSSR count). The first-order valence-corrected chi connectivity index (χ1v) is 11.5. The molecule has 33 heavy (non-hydrogen) atoms. The SMILES string of the molecule is CCn1cnc2cc(NC(=O)C[C@@H]3CCCN(C(=O)c4cn5cc(C)ccc5n4)C3)ccc21. The molecule has 3 aromatic heterocycles. The Hall–Kier alpha value is -3.68. The Morgan fingerprint density at radius 2 is 2.06 bits per heavy atom. The highest BCUT2D eigenvalue weighted by molar-refractivity contribution is 5.94. The van der Waals surface area contributed by atoms with Gasteiger partial charge in [-0.1, -0.05) is 6.07 Å². The first kappa shape index (κ1) is 21.2. The molecular formula is C25H28N6O2. The molecule has 2 amide bonds. The van der Waals surface area contributed by atoms with Crippen molar-refractivity contribution in [2.24, 2.45) is 5.92 Å². The largest absolute Gasteiger partial charge is 0.337 e. The highest BCUT2D eigenvalue weighted by atomic mass is 16.2. The van der Waals surface area contributed by atoms with Gasteiger partial charge in [-0.3, -0.25) is 9.59 Å². The number of nitrogens with one attached hydrogen (secondary N) is 1. The van der Waals surface area contributed by atoms with Crippen molar-refractivity contribution in [3.8, 4) is 0 Å². The number of aromatic nitrogens is 4. The third kappa shape index (κ3) is 4.33. The number of nitrogens with zero attached hydrogens (tertiary/aromatic N) is 5. The van der Waals surface area contributed by atoms with Gasteiger partial charge in [-0.25, -0.2) is 9.97 Å². The lowest BCUT2D eigenvalue weighted by atomic mass is 9.94. The van der Waals surface area contributed by atoms with E-state index in [-0.39, 0.29) is 17.7 Å². The summed E-state index contributed by atoms with van der Waals surface area (Å²) in [5.41, 5.74) is 4.99. The van der Waals surface area contributed by atoms with Gasteiger partial charge in [0.15, 0.2) is 0 Å². The number of carbonyl (C=O) groups excluding carboxylic acids is 2. The zero-order chi connectivity index (χ0) is 22.9. The van der Waals surface area contributed by atoms with Crippen molar-refractivity contribution in [3.05, 3.63) is 60.3 Å². The summed E-state index contributed by atoms with van der Waals surface area (Å²) in [6.45, 7) is 6.20. The summed E-state index contributed by atoms with van der Waals surface area (Å²) in [6.07, 6.45) is 7.77. The molecule has 0 saturated carbocycles. The second-order valence-electron chi connectivity index (χ2n) is 8.84. The van der Waals surface area contributed by atoms with Gasteiger partial charge in [0.05, 0.1) is 17.4 Å². The van der Waals surface area contributed by atoms with E-state index in [2.05, 4.69) is 26.8 Å². The van der Waals surface area contributed by atoms with Gasteiger partial charge in [0.2, 0.25) is 5.91 Å². The predicted molar refractivity (Wildman–Crippen MR) is 127 cm³/mol. The lowest BCUT2D eigenvalue weighted by molar-refractivity contribution is -0.117. The van der Waals surface area contributed by atoms with Crippen molar-refractivity contribution >= 4 is 34.2 Å². The molecule has 0 unspecified atom stereocenters. The molecule has 170 valence electrons. The van der Waals surface area contributed by atoms with Gasteiger partial charge in [-0.05, 0) is 62.4 Å². The third-order valence-electron chi connectivity index (χ3n) is 6.34. The maximum Gasteiger partial charge on any atom is 0.274 e. The van der Waals surface area contributed by atoms with Crippen LogP contribution in [0.5, 0.6) is 0 Å². The summed E-state index contributed by atoms with van der Waals surface area (Å²) in [5.74, 6) is 0.0233. The average molecular weight is 445 g/mol. The van der Waals surface area contributed by atoms with Gasteiger partial charge in [0.25, 0.3) is 5.91 Å². The van der Waals surface area contributed by atoms with Gasteiger partial charge in [-0.2, -0.15) is 0 Å². The fraction of sp³-hybridized carbons (Fsp3) is 0.360. The Bertz CT molecular complexity index is 1340. The molecule has 8 nitrogen and oxygen atoms in total. The van der Waals surface area contributed by atoms with Crippen LogP contribution in [-0.2, 0) is 11.3 Å². The number of benzene rings is 1. The number of pyridine rings is 1. The van der Waals surface area contributed by atoms with E-state index in [4.69, 9.17) is 0 Å². The quantitative estimate of drug-likeness (QED) is 0.506. The van der Waals surface area contributed by atoms with Crippen LogP contribution in [0.15, 0.2) is 49.1 Å². The van der Waals surface area contributed by atoms with Gasteiger partial charge < -0.3 is 19.2 Å². The van der Waals surface area contributed by atoms with Crippen molar-refractivity contribution in [1.82, 2.24) is 23.8 Å². The summed E-state index contributed by atoms with van der Waals surface area (Å²) < 4.78 is 3.95. The lowest BCUT2D eigenvalue weighted by Crippen LogP contribution is -2.41. The second-order valence-corrected chi connectivity index (χ2v) is 8.84. The molecule has 0 radical (unpaired) electrons. The van der Waals surface area contributed by atoms with Gasteiger partial charge in [0.1, 0.15) is 11.3 Å². The summed E-state index contributed by atoms with van der Waals surface area (Å²) in [6, 6.07) is 9.70. The van der Waals surface area contributed by atoms with Crippen LogP contribution in [0, 0.1) is 12.8 Å². The Labute approximate surface area is 192 Å². The number of likely N-dealkylation sites (tertiary alicyclic amines) is 1. The van der Waals surface area contributed by atoms with Crippen LogP contribution in [0.25, 0.3) is 16.7 Å². The van der Waals surface area contributed by atoms with E-state index in [1.165, 1.54) is 0 Å². The Morgan fingerprint density at radius 3 is 2.91 bits per heavy atom. The average Bonchev–Trinajstić information content (AvgIpc) is 3.41. The van der Waals surface area contributed by atoms with E-state index in [9.17, 15) is 9.59 Å². The fourth-order valence-corrected chi connectivity index (χ4v) is 4.65. The van der Waals surface area contributed by atoms with Gasteiger partial charge in [-0.15, -0.1) is 0 Å². The maximum atomic E-state index is 13.1. The van der Waals surface area contributed by atoms with Crippen molar-refractivity contribution in [2.45, 2.75) is 39.7 Å². The third-order valence-corrected chi connectivity index (χ3v) is 6.34. The second kappa shape index (κ2) is 8.69. The maximum absolute atomic E-state index is 13.1. The standard InChI is InChI=1S/C25H28N6O2/c1-3-29-16-26-20-12-19(7-8-22(20)29)27-24(32)11-18-5-4-10-30(14-18)25(33)21-15-31-13-17(2)6-9-23(31)28-21/h6-9,12-13,15-16,18H,3-5,10-11,14H2,1-2H3,(H,27,32)/t18-/m0/s1. The molecule has 1 atom stereocenters. The van der Waals surface area contributed by atoms with Gasteiger partial charge >= 0.3 is 0 Å². The van der Waals surface area contributed by atoms with E-state index < -0.39 is 0 Å². The molecule has 1 aromatic carbocycles. The minimum Gasteiger partial charge on any atom is -0.337 e. The minimum atomic E-state index is -0.0709. The molecule has 1 fully saturated rings. The lowest BCUT2D eigenvalue weighted by Gasteiger charge is -2.32. The van der Waals surface area contributed by atoms with Crippen molar-refractivity contribution in [1.29, 1.82) is 0 Å². The number of anilines is 1. The first-order valence-electron chi connectivity index (χ1n) is 11.5. The van der Waals surface area contributed by atoms with E-state index in [1.54, 1.807) is 6.20 Å². The Kier molecular flexibility index (Phi) is 5.58. The normalized spacial score (nSPS) is 16.4. The molecule has 0 bridgehead atoms. The van der Waals surface area contributed by atoms with E-state index in [0.717, 1.165) is 47.3 Å². The first-order chi connectivity index (χ1) is 16.0. The molecule has 1 N–H and O–H groups in total. The highest BCUT2D eigenvalue weighted by Crippen LogP contribution is 2.23. The van der Waals surface area contributed by atoms with Crippen molar-refractivity contribution < 1.29 is 9.59 Å². The van der Waals surface area contributed by atoms with E-state index >= 15 is 0 Å². The minimum absolute atomic E-state index is 0.0354. The molecule has 4 aromatic rings. The molecule has 8 heteroatoms. The number of hydrogen-bond acceptors (Lipinski definition) is 4. The molecule has 1 aliphatic rings. The summed E-state index contributed by atoms with van der Waals surface area (Å²) in [5, 5.41) is 3.00.